The Labute approximate surface area is 166 Å². The quantitative estimate of drug-likeness (QED) is 0.678. The molecule has 0 spiro atoms. The zero-order valence-electron chi connectivity index (χ0n) is 17.1. The molecule has 1 aromatic heterocycles. The molecule has 1 N–H and O–H groups in total. The largest absolute Gasteiger partial charge is 0.497 e. The summed E-state index contributed by atoms with van der Waals surface area (Å²) in [5, 5.41) is 7.84. The Morgan fingerprint density at radius 3 is 2.68 bits per heavy atom. The van der Waals surface area contributed by atoms with Gasteiger partial charge in [0.2, 0.25) is 0 Å². The van der Waals surface area contributed by atoms with Crippen LogP contribution in [0, 0.1) is 13.8 Å². The van der Waals surface area contributed by atoms with Crippen molar-refractivity contribution in [3.63, 3.8) is 0 Å². The normalized spacial score (nSPS) is 11.9. The van der Waals surface area contributed by atoms with Crippen molar-refractivity contribution in [2.75, 3.05) is 7.11 Å². The van der Waals surface area contributed by atoms with Crippen molar-refractivity contribution in [3.8, 4) is 22.7 Å². The minimum Gasteiger partial charge on any atom is -0.497 e. The average Bonchev–Trinajstić information content (AvgIpc) is 3.15. The molecule has 3 rings (SSSR count). The van der Waals surface area contributed by atoms with Crippen molar-refractivity contribution < 1.29 is 9.53 Å². The zero-order chi connectivity index (χ0) is 20.3. The van der Waals surface area contributed by atoms with Crippen LogP contribution in [0.15, 0.2) is 48.5 Å². The Bertz CT molecular complexity index is 991. The predicted octanol–water partition coefficient (Wildman–Crippen LogP) is 4.69. The third kappa shape index (κ3) is 4.09. The van der Waals surface area contributed by atoms with E-state index in [0.29, 0.717) is 5.69 Å². The molecule has 1 atom stereocenters. The summed E-state index contributed by atoms with van der Waals surface area (Å²) < 4.78 is 7.08. The summed E-state index contributed by atoms with van der Waals surface area (Å²) in [6.07, 6.45) is 0.867. The van der Waals surface area contributed by atoms with Gasteiger partial charge in [-0.1, -0.05) is 31.2 Å². The van der Waals surface area contributed by atoms with Gasteiger partial charge in [0.05, 0.1) is 18.5 Å². The molecule has 0 bridgehead atoms. The standard InChI is InChI=1S/C23H27N3O2/c1-6-17(4)24-23(27)22-14-20(18-8-7-9-19(13-18)28-5)25-26(22)21-12-15(2)10-11-16(21)3/h7-14,17H,6H2,1-5H3,(H,24,27)/t17-/m1/s1. The Morgan fingerprint density at radius 1 is 1.18 bits per heavy atom. The van der Waals surface area contributed by atoms with Gasteiger partial charge >= 0.3 is 0 Å². The van der Waals surface area contributed by atoms with E-state index in [9.17, 15) is 4.79 Å². The monoisotopic (exact) mass is 377 g/mol. The lowest BCUT2D eigenvalue weighted by atomic mass is 10.1. The second-order valence-electron chi connectivity index (χ2n) is 7.13. The van der Waals surface area contributed by atoms with E-state index in [1.54, 1.807) is 11.8 Å². The molecule has 0 aliphatic carbocycles. The molecule has 5 nitrogen and oxygen atoms in total. The van der Waals surface area contributed by atoms with Crippen molar-refractivity contribution >= 4 is 5.91 Å². The number of benzene rings is 2. The number of nitrogens with zero attached hydrogens (tertiary/aromatic N) is 2. The molecular weight excluding hydrogens is 350 g/mol. The van der Waals surface area contributed by atoms with E-state index in [4.69, 9.17) is 9.84 Å². The summed E-state index contributed by atoms with van der Waals surface area (Å²) in [7, 11) is 1.64. The first-order chi connectivity index (χ1) is 13.4. The summed E-state index contributed by atoms with van der Waals surface area (Å²) in [5.41, 5.74) is 5.24. The van der Waals surface area contributed by atoms with Crippen LogP contribution in [-0.2, 0) is 0 Å². The topological polar surface area (TPSA) is 56.1 Å². The van der Waals surface area contributed by atoms with Gasteiger partial charge in [0.25, 0.3) is 5.91 Å². The lowest BCUT2D eigenvalue weighted by Crippen LogP contribution is -2.33. The molecule has 3 aromatic rings. The van der Waals surface area contributed by atoms with E-state index < -0.39 is 0 Å². The number of methoxy groups -OCH3 is 1. The van der Waals surface area contributed by atoms with Gasteiger partial charge in [0, 0.05) is 11.6 Å². The maximum atomic E-state index is 13.0. The van der Waals surface area contributed by atoms with Crippen molar-refractivity contribution in [1.29, 1.82) is 0 Å². The lowest BCUT2D eigenvalue weighted by molar-refractivity contribution is 0.0931. The first kappa shape index (κ1) is 19.7. The van der Waals surface area contributed by atoms with Gasteiger partial charge in [-0.25, -0.2) is 4.68 Å². The Kier molecular flexibility index (Phi) is 5.83. The van der Waals surface area contributed by atoms with Crippen LogP contribution < -0.4 is 10.1 Å². The molecule has 1 amide bonds. The molecule has 0 saturated carbocycles. The number of amides is 1. The van der Waals surface area contributed by atoms with Crippen LogP contribution >= 0.6 is 0 Å². The number of carbonyl (C=O) groups excluding carboxylic acids is 1. The molecule has 2 aromatic carbocycles. The number of hydrogen-bond donors (Lipinski definition) is 1. The van der Waals surface area contributed by atoms with Crippen LogP contribution in [0.25, 0.3) is 16.9 Å². The van der Waals surface area contributed by atoms with Crippen LogP contribution in [0.4, 0.5) is 0 Å². The van der Waals surface area contributed by atoms with Crippen molar-refractivity contribution in [3.05, 3.63) is 65.4 Å². The number of aromatic nitrogens is 2. The third-order valence-electron chi connectivity index (χ3n) is 4.89. The molecule has 0 unspecified atom stereocenters. The molecular formula is C23H27N3O2. The molecule has 28 heavy (non-hydrogen) atoms. The summed E-state index contributed by atoms with van der Waals surface area (Å²) in [6, 6.07) is 15.8. The second kappa shape index (κ2) is 8.30. The minimum atomic E-state index is -0.128. The Balaban J connectivity index is 2.14. The Hall–Kier alpha value is -3.08. The van der Waals surface area contributed by atoms with Gasteiger partial charge in [-0.15, -0.1) is 0 Å². The van der Waals surface area contributed by atoms with Gasteiger partial charge in [-0.3, -0.25) is 4.79 Å². The van der Waals surface area contributed by atoms with Crippen LogP contribution in [0.2, 0.25) is 0 Å². The van der Waals surface area contributed by atoms with Crippen LogP contribution in [0.3, 0.4) is 0 Å². The average molecular weight is 377 g/mol. The molecule has 0 aliphatic rings. The van der Waals surface area contributed by atoms with Crippen LogP contribution in [0.1, 0.15) is 41.9 Å². The number of aryl methyl sites for hydroxylation is 2. The van der Waals surface area contributed by atoms with E-state index >= 15 is 0 Å². The van der Waals surface area contributed by atoms with Gasteiger partial charge < -0.3 is 10.1 Å². The van der Waals surface area contributed by atoms with Gasteiger partial charge in [-0.05, 0) is 62.6 Å². The van der Waals surface area contributed by atoms with Crippen LogP contribution in [0.5, 0.6) is 5.75 Å². The molecule has 0 saturated heterocycles. The molecule has 5 heteroatoms. The fourth-order valence-electron chi connectivity index (χ4n) is 3.00. The highest BCUT2D eigenvalue weighted by molar-refractivity contribution is 5.94. The third-order valence-corrected chi connectivity index (χ3v) is 4.89. The molecule has 0 fully saturated rings. The fraction of sp³-hybridized carbons (Fsp3) is 0.304. The van der Waals surface area contributed by atoms with E-state index in [1.165, 1.54) is 0 Å². The van der Waals surface area contributed by atoms with E-state index in [0.717, 1.165) is 40.2 Å². The van der Waals surface area contributed by atoms with Crippen molar-refractivity contribution in [1.82, 2.24) is 15.1 Å². The summed E-state index contributed by atoms with van der Waals surface area (Å²) >= 11 is 0. The smallest absolute Gasteiger partial charge is 0.270 e. The summed E-state index contributed by atoms with van der Waals surface area (Å²) in [6.45, 7) is 8.11. The highest BCUT2D eigenvalue weighted by Crippen LogP contribution is 2.26. The fourth-order valence-corrected chi connectivity index (χ4v) is 3.00. The zero-order valence-corrected chi connectivity index (χ0v) is 17.1. The highest BCUT2D eigenvalue weighted by Gasteiger charge is 2.20. The summed E-state index contributed by atoms with van der Waals surface area (Å²) in [4.78, 5) is 13.0. The number of rotatable bonds is 6. The number of nitrogens with one attached hydrogen (secondary N) is 1. The van der Waals surface area contributed by atoms with E-state index in [1.807, 2.05) is 57.2 Å². The maximum absolute atomic E-state index is 13.0. The molecule has 146 valence electrons. The van der Waals surface area contributed by atoms with Gasteiger partial charge in [-0.2, -0.15) is 5.10 Å². The highest BCUT2D eigenvalue weighted by atomic mass is 16.5. The number of hydrogen-bond acceptors (Lipinski definition) is 3. The SMILES string of the molecule is CC[C@@H](C)NC(=O)c1cc(-c2cccc(OC)c2)nn1-c1cc(C)ccc1C. The summed E-state index contributed by atoms with van der Waals surface area (Å²) in [5.74, 6) is 0.626. The molecule has 1 heterocycles. The number of ether oxygens (including phenoxy) is 1. The van der Waals surface area contributed by atoms with E-state index in [2.05, 4.69) is 24.4 Å². The lowest BCUT2D eigenvalue weighted by Gasteiger charge is -2.14. The maximum Gasteiger partial charge on any atom is 0.270 e. The molecule has 0 aliphatic heterocycles. The first-order valence-electron chi connectivity index (χ1n) is 9.56. The second-order valence-corrected chi connectivity index (χ2v) is 7.13. The van der Waals surface area contributed by atoms with Crippen molar-refractivity contribution in [2.24, 2.45) is 0 Å². The van der Waals surface area contributed by atoms with Crippen molar-refractivity contribution in [2.45, 2.75) is 40.2 Å². The first-order valence-corrected chi connectivity index (χ1v) is 9.56. The Morgan fingerprint density at radius 2 is 1.96 bits per heavy atom. The van der Waals surface area contributed by atoms with Gasteiger partial charge in [0.15, 0.2) is 0 Å². The van der Waals surface area contributed by atoms with E-state index in [-0.39, 0.29) is 11.9 Å². The van der Waals surface area contributed by atoms with Crippen LogP contribution in [-0.4, -0.2) is 28.8 Å². The predicted molar refractivity (Wildman–Crippen MR) is 112 cm³/mol. The minimum absolute atomic E-state index is 0.0923. The van der Waals surface area contributed by atoms with Gasteiger partial charge in [0.1, 0.15) is 11.4 Å². The number of carbonyl (C=O) groups is 1. The molecule has 0 radical (unpaired) electrons.